The highest BCUT2D eigenvalue weighted by Gasteiger charge is 2.22. The van der Waals surface area contributed by atoms with Crippen LogP contribution < -0.4 is 5.73 Å². The molecule has 9 heteroatoms. The molecule has 0 bridgehead atoms. The molecular weight excluding hydrogens is 450 g/mol. The topological polar surface area (TPSA) is 99.6 Å². The van der Waals surface area contributed by atoms with Gasteiger partial charge in [-0.2, -0.15) is 15.3 Å². The van der Waals surface area contributed by atoms with Crippen molar-refractivity contribution in [2.75, 3.05) is 0 Å². The number of halogens is 2. The van der Waals surface area contributed by atoms with Crippen LogP contribution in [0.15, 0.2) is 54.9 Å². The summed E-state index contributed by atoms with van der Waals surface area (Å²) in [5.41, 5.74) is 9.04. The molecule has 3 heterocycles. The number of nitrogens with two attached hydrogens (primary N) is 1. The lowest BCUT2D eigenvalue weighted by Crippen LogP contribution is -2.14. The highest BCUT2D eigenvalue weighted by atomic mass is 19.1. The summed E-state index contributed by atoms with van der Waals surface area (Å²) >= 11 is 0. The number of rotatable bonds is 8. The van der Waals surface area contributed by atoms with Crippen LogP contribution >= 0.6 is 0 Å². The van der Waals surface area contributed by atoms with E-state index in [1.54, 1.807) is 16.9 Å². The fourth-order valence-electron chi connectivity index (χ4n) is 3.92. The third kappa shape index (κ3) is 5.24. The summed E-state index contributed by atoms with van der Waals surface area (Å²) in [5, 5.41) is 12.8. The molecule has 4 aromatic rings. The lowest BCUT2D eigenvalue weighted by molar-refractivity contribution is -0.118. The zero-order valence-electron chi connectivity index (χ0n) is 19.7. The number of pyridine rings is 1. The molecule has 2 N–H and O–H groups in total. The van der Waals surface area contributed by atoms with Gasteiger partial charge >= 0.3 is 0 Å². The van der Waals surface area contributed by atoms with Crippen molar-refractivity contribution in [3.8, 4) is 22.5 Å². The summed E-state index contributed by atoms with van der Waals surface area (Å²) in [5.74, 6) is -1.92. The first-order valence-electron chi connectivity index (χ1n) is 11.3. The number of amides is 1. The number of carbonyl (C=O) groups excluding carboxylic acids is 1. The van der Waals surface area contributed by atoms with E-state index >= 15 is 0 Å². The Morgan fingerprint density at radius 2 is 1.74 bits per heavy atom. The van der Waals surface area contributed by atoms with Crippen LogP contribution in [0.1, 0.15) is 56.0 Å². The molecule has 0 saturated carbocycles. The van der Waals surface area contributed by atoms with E-state index in [4.69, 9.17) is 10.7 Å². The molecular formula is C26H26F2N6O. The predicted octanol–water partition coefficient (Wildman–Crippen LogP) is 4.83. The molecule has 0 spiro atoms. The number of benzene rings is 1. The van der Waals surface area contributed by atoms with Crippen molar-refractivity contribution in [1.29, 1.82) is 0 Å². The van der Waals surface area contributed by atoms with Crippen LogP contribution in [0.25, 0.3) is 22.5 Å². The van der Waals surface area contributed by atoms with Gasteiger partial charge in [-0.15, -0.1) is 0 Å². The molecule has 1 unspecified atom stereocenters. The molecule has 1 atom stereocenters. The molecule has 1 aromatic carbocycles. The van der Waals surface area contributed by atoms with Crippen molar-refractivity contribution in [3.63, 3.8) is 0 Å². The van der Waals surface area contributed by atoms with Crippen molar-refractivity contribution in [2.45, 2.75) is 45.6 Å². The maximum Gasteiger partial charge on any atom is 0.219 e. The normalized spacial score (nSPS) is 12.2. The van der Waals surface area contributed by atoms with Crippen LogP contribution in [0.3, 0.4) is 0 Å². The van der Waals surface area contributed by atoms with Crippen LogP contribution in [-0.4, -0.2) is 30.9 Å². The Kier molecular flexibility index (Phi) is 6.95. The van der Waals surface area contributed by atoms with Gasteiger partial charge in [-0.3, -0.25) is 14.5 Å². The molecule has 0 saturated heterocycles. The van der Waals surface area contributed by atoms with Crippen molar-refractivity contribution < 1.29 is 13.6 Å². The SMILES string of the molecule is CC(C)c1cc(-c2c(F)cccc2F)nnc1C(C)c1cccc(-c2cnn(CCC(N)=O)c2)n1. The average Bonchev–Trinajstić information content (AvgIpc) is 3.31. The number of hydrogen-bond donors (Lipinski definition) is 1. The molecule has 180 valence electrons. The van der Waals surface area contributed by atoms with E-state index in [1.165, 1.54) is 18.2 Å². The van der Waals surface area contributed by atoms with E-state index in [9.17, 15) is 13.6 Å². The van der Waals surface area contributed by atoms with Gasteiger partial charge in [-0.05, 0) is 41.8 Å². The zero-order valence-corrected chi connectivity index (χ0v) is 19.7. The van der Waals surface area contributed by atoms with Crippen molar-refractivity contribution >= 4 is 5.91 Å². The maximum absolute atomic E-state index is 14.3. The van der Waals surface area contributed by atoms with Crippen LogP contribution in [0, 0.1) is 11.6 Å². The zero-order chi connectivity index (χ0) is 25.1. The number of aryl methyl sites for hydroxylation is 1. The standard InChI is InChI=1S/C26H26F2N6O/c1-15(2)18-12-23(25-19(27)6-4-7-20(25)28)32-33-26(18)16(3)21-8-5-9-22(31-21)17-13-30-34(14-17)11-10-24(29)35/h4-9,12-16H,10-11H2,1-3H3,(H2,29,35). The van der Waals surface area contributed by atoms with Gasteiger partial charge in [0.2, 0.25) is 5.91 Å². The smallest absolute Gasteiger partial charge is 0.219 e. The molecule has 0 aliphatic heterocycles. The van der Waals surface area contributed by atoms with Gasteiger partial charge in [0.15, 0.2) is 0 Å². The van der Waals surface area contributed by atoms with Gasteiger partial charge in [0.05, 0.1) is 28.8 Å². The van der Waals surface area contributed by atoms with Crippen molar-refractivity contribution in [1.82, 2.24) is 25.0 Å². The Labute approximate surface area is 202 Å². The van der Waals surface area contributed by atoms with Crippen molar-refractivity contribution in [3.05, 3.63) is 83.4 Å². The fraction of sp³-hybridized carbons (Fsp3) is 0.269. The Morgan fingerprint density at radius 1 is 1.03 bits per heavy atom. The first-order valence-corrected chi connectivity index (χ1v) is 11.3. The van der Waals surface area contributed by atoms with Gasteiger partial charge in [-0.25, -0.2) is 8.78 Å². The van der Waals surface area contributed by atoms with Gasteiger partial charge < -0.3 is 5.73 Å². The molecule has 3 aromatic heterocycles. The van der Waals surface area contributed by atoms with Gasteiger partial charge in [0, 0.05) is 36.3 Å². The van der Waals surface area contributed by atoms with E-state index in [0.29, 0.717) is 12.2 Å². The number of primary amides is 1. The quantitative estimate of drug-likeness (QED) is 0.393. The lowest BCUT2D eigenvalue weighted by Gasteiger charge is -2.18. The van der Waals surface area contributed by atoms with Crippen LogP contribution in [0.4, 0.5) is 8.78 Å². The summed E-state index contributed by atoms with van der Waals surface area (Å²) in [4.78, 5) is 15.8. The van der Waals surface area contributed by atoms with E-state index < -0.39 is 11.6 Å². The van der Waals surface area contributed by atoms with Crippen LogP contribution in [-0.2, 0) is 11.3 Å². The fourth-order valence-corrected chi connectivity index (χ4v) is 3.92. The Morgan fingerprint density at radius 3 is 2.43 bits per heavy atom. The first kappa shape index (κ1) is 24.1. The van der Waals surface area contributed by atoms with Crippen molar-refractivity contribution in [2.24, 2.45) is 5.73 Å². The minimum atomic E-state index is -0.680. The monoisotopic (exact) mass is 476 g/mol. The maximum atomic E-state index is 14.3. The highest BCUT2D eigenvalue weighted by molar-refractivity contribution is 5.73. The predicted molar refractivity (Wildman–Crippen MR) is 128 cm³/mol. The summed E-state index contributed by atoms with van der Waals surface area (Å²) < 4.78 is 30.3. The van der Waals surface area contributed by atoms with E-state index in [2.05, 4.69) is 15.3 Å². The minimum absolute atomic E-state index is 0.0446. The summed E-state index contributed by atoms with van der Waals surface area (Å²) in [6, 6.07) is 11.1. The highest BCUT2D eigenvalue weighted by Crippen LogP contribution is 2.33. The van der Waals surface area contributed by atoms with Gasteiger partial charge in [0.1, 0.15) is 11.6 Å². The Bertz CT molecular complexity index is 1350. The third-order valence-corrected chi connectivity index (χ3v) is 5.84. The number of aromatic nitrogens is 5. The van der Waals surface area contributed by atoms with Crippen LogP contribution in [0.2, 0.25) is 0 Å². The number of hydrogen-bond acceptors (Lipinski definition) is 5. The summed E-state index contributed by atoms with van der Waals surface area (Å²) in [6.07, 6.45) is 3.71. The molecule has 35 heavy (non-hydrogen) atoms. The third-order valence-electron chi connectivity index (χ3n) is 5.84. The molecule has 4 rings (SSSR count). The molecule has 0 aliphatic carbocycles. The lowest BCUT2D eigenvalue weighted by atomic mass is 9.91. The van der Waals surface area contributed by atoms with Gasteiger partial charge in [0.25, 0.3) is 0 Å². The second-order valence-corrected chi connectivity index (χ2v) is 8.70. The molecule has 0 radical (unpaired) electrons. The molecule has 0 fully saturated rings. The van der Waals surface area contributed by atoms with Crippen LogP contribution in [0.5, 0.6) is 0 Å². The summed E-state index contributed by atoms with van der Waals surface area (Å²) in [6.45, 7) is 6.37. The average molecular weight is 477 g/mol. The Hall–Kier alpha value is -4.01. The number of carbonyl (C=O) groups is 1. The van der Waals surface area contributed by atoms with E-state index in [1.807, 2.05) is 45.2 Å². The second-order valence-electron chi connectivity index (χ2n) is 8.70. The Balaban J connectivity index is 1.67. The number of nitrogens with zero attached hydrogens (tertiary/aromatic N) is 5. The molecule has 1 amide bonds. The van der Waals surface area contributed by atoms with Gasteiger partial charge in [-0.1, -0.05) is 32.9 Å². The minimum Gasteiger partial charge on any atom is -0.370 e. The molecule has 7 nitrogen and oxygen atoms in total. The van der Waals surface area contributed by atoms with E-state index in [0.717, 1.165) is 22.5 Å². The van der Waals surface area contributed by atoms with E-state index in [-0.39, 0.29) is 35.4 Å². The largest absolute Gasteiger partial charge is 0.370 e. The molecule has 0 aliphatic rings. The summed E-state index contributed by atoms with van der Waals surface area (Å²) in [7, 11) is 0. The second kappa shape index (κ2) is 10.1. The first-order chi connectivity index (χ1) is 16.7.